The van der Waals surface area contributed by atoms with E-state index in [0.717, 1.165) is 6.07 Å². The molecule has 1 aromatic carbocycles. The Balaban J connectivity index is 2.22. The monoisotopic (exact) mass is 309 g/mol. The summed E-state index contributed by atoms with van der Waals surface area (Å²) in [6.07, 6.45) is 1.59. The molecule has 92 valence electrons. The Labute approximate surface area is 111 Å². The molecule has 4 nitrogen and oxygen atoms in total. The van der Waals surface area contributed by atoms with Crippen LogP contribution >= 0.6 is 15.9 Å². The second kappa shape index (κ2) is 5.14. The first-order valence-electron chi connectivity index (χ1n) is 5.05. The minimum Gasteiger partial charge on any atom is -0.396 e. The number of carbonyl (C=O) groups is 1. The lowest BCUT2D eigenvalue weighted by molar-refractivity contribution is 0.102. The van der Waals surface area contributed by atoms with Crippen molar-refractivity contribution in [1.29, 1.82) is 0 Å². The van der Waals surface area contributed by atoms with Gasteiger partial charge in [0.1, 0.15) is 10.4 Å². The highest BCUT2D eigenvalue weighted by atomic mass is 79.9. The van der Waals surface area contributed by atoms with Gasteiger partial charge < -0.3 is 11.1 Å². The third kappa shape index (κ3) is 2.65. The number of nitrogens with one attached hydrogen (secondary N) is 1. The molecule has 0 aliphatic heterocycles. The summed E-state index contributed by atoms with van der Waals surface area (Å²) in [5.41, 5.74) is 6.06. The quantitative estimate of drug-likeness (QED) is 0.662. The first-order chi connectivity index (χ1) is 8.58. The molecule has 1 heterocycles. The highest BCUT2D eigenvalue weighted by Gasteiger charge is 2.10. The van der Waals surface area contributed by atoms with Crippen LogP contribution in [0.5, 0.6) is 0 Å². The first kappa shape index (κ1) is 12.5. The minimum atomic E-state index is -0.618. The summed E-state index contributed by atoms with van der Waals surface area (Å²) in [5, 5.41) is 2.62. The third-order valence-corrected chi connectivity index (χ3v) is 2.90. The number of halogens is 2. The molecule has 0 saturated heterocycles. The summed E-state index contributed by atoms with van der Waals surface area (Å²) in [4.78, 5) is 15.8. The van der Waals surface area contributed by atoms with Crippen molar-refractivity contribution in [2.24, 2.45) is 0 Å². The number of rotatable bonds is 2. The van der Waals surface area contributed by atoms with E-state index in [1.54, 1.807) is 18.3 Å². The number of nitrogen functional groups attached to an aromatic ring is 1. The molecule has 0 aliphatic rings. The van der Waals surface area contributed by atoms with Gasteiger partial charge in [-0.15, -0.1) is 0 Å². The van der Waals surface area contributed by atoms with Gasteiger partial charge in [0.15, 0.2) is 0 Å². The Kier molecular flexibility index (Phi) is 3.57. The highest BCUT2D eigenvalue weighted by Crippen LogP contribution is 2.20. The fourth-order valence-electron chi connectivity index (χ4n) is 1.34. The number of anilines is 2. The minimum absolute atomic E-state index is 0.00843. The number of nitrogens with two attached hydrogens (primary N) is 1. The molecule has 0 unspecified atom stereocenters. The van der Waals surface area contributed by atoms with Crippen molar-refractivity contribution in [3.63, 3.8) is 0 Å². The Morgan fingerprint density at radius 1 is 1.39 bits per heavy atom. The van der Waals surface area contributed by atoms with Gasteiger partial charge in [-0.05, 0) is 46.3 Å². The molecule has 0 fully saturated rings. The maximum atomic E-state index is 13.2. The number of amides is 1. The van der Waals surface area contributed by atoms with Crippen LogP contribution in [0.2, 0.25) is 0 Å². The molecule has 2 rings (SSSR count). The van der Waals surface area contributed by atoms with Crippen LogP contribution in [0.3, 0.4) is 0 Å². The fourth-order valence-corrected chi connectivity index (χ4v) is 1.69. The van der Waals surface area contributed by atoms with E-state index in [1.807, 2.05) is 0 Å². The van der Waals surface area contributed by atoms with E-state index >= 15 is 0 Å². The van der Waals surface area contributed by atoms with Crippen molar-refractivity contribution in [1.82, 2.24) is 4.98 Å². The molecule has 18 heavy (non-hydrogen) atoms. The number of pyridine rings is 1. The van der Waals surface area contributed by atoms with Crippen molar-refractivity contribution in [3.8, 4) is 0 Å². The van der Waals surface area contributed by atoms with Crippen LogP contribution in [0.4, 0.5) is 15.8 Å². The average molecular weight is 310 g/mol. The molecule has 1 amide bonds. The number of benzene rings is 1. The van der Waals surface area contributed by atoms with Gasteiger partial charge in [-0.2, -0.15) is 0 Å². The third-order valence-electron chi connectivity index (χ3n) is 2.27. The van der Waals surface area contributed by atoms with Crippen LogP contribution in [-0.4, -0.2) is 10.9 Å². The fraction of sp³-hybridized carbons (Fsp3) is 0. The zero-order chi connectivity index (χ0) is 13.1. The molecule has 0 bridgehead atoms. The van der Waals surface area contributed by atoms with E-state index in [0.29, 0.717) is 10.3 Å². The van der Waals surface area contributed by atoms with Crippen LogP contribution in [0, 0.1) is 5.82 Å². The molecular weight excluding hydrogens is 301 g/mol. The lowest BCUT2D eigenvalue weighted by atomic mass is 10.2. The van der Waals surface area contributed by atoms with Gasteiger partial charge >= 0.3 is 0 Å². The summed E-state index contributed by atoms with van der Waals surface area (Å²) in [6.45, 7) is 0. The largest absolute Gasteiger partial charge is 0.396 e. The van der Waals surface area contributed by atoms with Gasteiger partial charge in [-0.3, -0.25) is 4.79 Å². The van der Waals surface area contributed by atoms with Crippen LogP contribution < -0.4 is 11.1 Å². The van der Waals surface area contributed by atoms with Crippen molar-refractivity contribution < 1.29 is 9.18 Å². The Bertz CT molecular complexity index is 604. The van der Waals surface area contributed by atoms with Crippen molar-refractivity contribution in [2.45, 2.75) is 0 Å². The SMILES string of the molecule is Nc1ccc(C(=O)Nc2cccnc2Br)cc1F. The van der Waals surface area contributed by atoms with Crippen molar-refractivity contribution in [3.05, 3.63) is 52.5 Å². The molecule has 0 atom stereocenters. The molecule has 0 aliphatic carbocycles. The van der Waals surface area contributed by atoms with E-state index in [9.17, 15) is 9.18 Å². The topological polar surface area (TPSA) is 68.0 Å². The summed E-state index contributed by atoms with van der Waals surface area (Å²) in [7, 11) is 0. The zero-order valence-electron chi connectivity index (χ0n) is 9.15. The summed E-state index contributed by atoms with van der Waals surface area (Å²) in [5.74, 6) is -1.05. The van der Waals surface area contributed by atoms with Crippen LogP contribution in [0.25, 0.3) is 0 Å². The normalized spacial score (nSPS) is 10.1. The van der Waals surface area contributed by atoms with Crippen molar-refractivity contribution in [2.75, 3.05) is 11.1 Å². The molecule has 3 N–H and O–H groups in total. The predicted octanol–water partition coefficient (Wildman–Crippen LogP) is 2.82. The van der Waals surface area contributed by atoms with E-state index < -0.39 is 11.7 Å². The van der Waals surface area contributed by atoms with Gasteiger partial charge in [0, 0.05) is 11.8 Å². The first-order valence-corrected chi connectivity index (χ1v) is 5.84. The second-order valence-corrected chi connectivity index (χ2v) is 4.28. The predicted molar refractivity (Wildman–Crippen MR) is 70.7 cm³/mol. The second-order valence-electron chi connectivity index (χ2n) is 3.53. The highest BCUT2D eigenvalue weighted by molar-refractivity contribution is 9.10. The van der Waals surface area contributed by atoms with Crippen LogP contribution in [0.1, 0.15) is 10.4 Å². The molecule has 0 spiro atoms. The Morgan fingerprint density at radius 2 is 2.17 bits per heavy atom. The number of aromatic nitrogens is 1. The lowest BCUT2D eigenvalue weighted by Crippen LogP contribution is -2.13. The molecule has 6 heteroatoms. The Hall–Kier alpha value is -1.95. The Morgan fingerprint density at radius 3 is 2.83 bits per heavy atom. The summed E-state index contributed by atoms with van der Waals surface area (Å²) in [6, 6.07) is 7.27. The van der Waals surface area contributed by atoms with Gasteiger partial charge in [0.2, 0.25) is 0 Å². The average Bonchev–Trinajstić information content (AvgIpc) is 2.35. The number of hydrogen-bond acceptors (Lipinski definition) is 3. The molecular formula is C12H9BrFN3O. The van der Waals surface area contributed by atoms with Gasteiger partial charge in [0.25, 0.3) is 5.91 Å². The van der Waals surface area contributed by atoms with Gasteiger partial charge in [0.05, 0.1) is 11.4 Å². The zero-order valence-corrected chi connectivity index (χ0v) is 10.7. The maximum absolute atomic E-state index is 13.2. The van der Waals surface area contributed by atoms with Gasteiger partial charge in [-0.1, -0.05) is 0 Å². The van der Waals surface area contributed by atoms with E-state index in [1.165, 1.54) is 12.1 Å². The molecule has 0 radical (unpaired) electrons. The number of carbonyl (C=O) groups excluding carboxylic acids is 1. The summed E-state index contributed by atoms with van der Waals surface area (Å²) >= 11 is 3.20. The smallest absolute Gasteiger partial charge is 0.255 e. The van der Waals surface area contributed by atoms with Crippen LogP contribution in [0.15, 0.2) is 41.1 Å². The van der Waals surface area contributed by atoms with E-state index in [2.05, 4.69) is 26.2 Å². The molecule has 0 saturated carbocycles. The molecule has 1 aromatic heterocycles. The van der Waals surface area contributed by atoms with E-state index in [4.69, 9.17) is 5.73 Å². The van der Waals surface area contributed by atoms with E-state index in [-0.39, 0.29) is 11.3 Å². The number of nitrogens with zero attached hydrogens (tertiary/aromatic N) is 1. The molecule has 2 aromatic rings. The van der Waals surface area contributed by atoms with Crippen molar-refractivity contribution >= 4 is 33.2 Å². The number of hydrogen-bond donors (Lipinski definition) is 2. The lowest BCUT2D eigenvalue weighted by Gasteiger charge is -2.07. The van der Waals surface area contributed by atoms with Gasteiger partial charge in [-0.25, -0.2) is 9.37 Å². The van der Waals surface area contributed by atoms with Crippen LogP contribution in [-0.2, 0) is 0 Å². The summed E-state index contributed by atoms with van der Waals surface area (Å²) < 4.78 is 13.7. The standard InChI is InChI=1S/C12H9BrFN3O/c13-11-10(2-1-5-16-11)17-12(18)7-3-4-9(15)8(14)6-7/h1-6H,15H2,(H,17,18). The maximum Gasteiger partial charge on any atom is 0.255 e.